The molecule has 12 nitrogen and oxygen atoms in total. The molecule has 0 aromatic heterocycles. The maximum atomic E-state index is 14.3. The van der Waals surface area contributed by atoms with Crippen LogP contribution in [0.1, 0.15) is 68.1 Å². The van der Waals surface area contributed by atoms with E-state index >= 15 is 0 Å². The van der Waals surface area contributed by atoms with Crippen molar-refractivity contribution in [3.63, 3.8) is 0 Å². The molecule has 3 atom stereocenters. The largest absolute Gasteiger partial charge is 0.497 e. The maximum absolute atomic E-state index is 14.3. The molecule has 0 aliphatic rings. The van der Waals surface area contributed by atoms with E-state index in [0.717, 1.165) is 28.1 Å². The zero-order valence-electron chi connectivity index (χ0n) is 37.2. The van der Waals surface area contributed by atoms with E-state index in [1.165, 1.54) is 0 Å². The Hall–Kier alpha value is -5.67. The van der Waals surface area contributed by atoms with Crippen LogP contribution in [0.3, 0.4) is 0 Å². The van der Waals surface area contributed by atoms with Gasteiger partial charge in [0.05, 0.1) is 63.4 Å². The third-order valence-corrected chi connectivity index (χ3v) is 12.4. The summed E-state index contributed by atoms with van der Waals surface area (Å²) in [6, 6.07) is 42.0. The van der Waals surface area contributed by atoms with Gasteiger partial charge in [0.15, 0.2) is 0 Å². The number of carbonyl (C=O) groups excluding carboxylic acids is 1. The number of anilines is 1. The SMILES string of the molecule is COc1ccc(C(OC[C@H](NC(=O)c2ccc(N=Nc3ccc(N(C)C)cc3)cc2)[C@H](C)OP(OCCC#N)N(C(C)C)C(C)C)(c2ccccc2)c2ccc(OC)cc2)cc1. The second kappa shape index (κ2) is 23.0. The first-order valence-corrected chi connectivity index (χ1v) is 21.9. The number of nitriles is 1. The fourth-order valence-electron chi connectivity index (χ4n) is 6.96. The summed E-state index contributed by atoms with van der Waals surface area (Å²) < 4.78 is 33.7. The number of nitrogens with one attached hydrogen (secondary N) is 1. The predicted octanol–water partition coefficient (Wildman–Crippen LogP) is 11.0. The van der Waals surface area contributed by atoms with Crippen molar-refractivity contribution >= 4 is 31.5 Å². The zero-order valence-corrected chi connectivity index (χ0v) is 38.1. The Balaban J connectivity index is 1.53. The van der Waals surface area contributed by atoms with Crippen LogP contribution in [0.5, 0.6) is 11.5 Å². The molecule has 0 aliphatic heterocycles. The Bertz CT molecular complexity index is 2140. The first-order chi connectivity index (χ1) is 29.9. The molecule has 0 fully saturated rings. The second-order valence-electron chi connectivity index (χ2n) is 15.4. The van der Waals surface area contributed by atoms with Crippen molar-refractivity contribution in [1.82, 2.24) is 9.99 Å². The van der Waals surface area contributed by atoms with E-state index in [9.17, 15) is 10.1 Å². The van der Waals surface area contributed by atoms with Gasteiger partial charge in [-0.05, 0) is 124 Å². The molecular formula is C49H59N6O6P. The van der Waals surface area contributed by atoms with Crippen LogP contribution in [0.4, 0.5) is 17.1 Å². The van der Waals surface area contributed by atoms with Gasteiger partial charge in [-0.1, -0.05) is 54.6 Å². The van der Waals surface area contributed by atoms with Gasteiger partial charge < -0.3 is 33.5 Å². The Kier molecular flexibility index (Phi) is 17.6. The minimum Gasteiger partial charge on any atom is -0.497 e. The van der Waals surface area contributed by atoms with Crippen molar-refractivity contribution in [3.8, 4) is 17.6 Å². The highest BCUT2D eigenvalue weighted by Crippen LogP contribution is 2.48. The van der Waals surface area contributed by atoms with Gasteiger partial charge in [-0.15, -0.1) is 0 Å². The van der Waals surface area contributed by atoms with Gasteiger partial charge >= 0.3 is 0 Å². The molecule has 0 heterocycles. The van der Waals surface area contributed by atoms with Crippen LogP contribution in [0.25, 0.3) is 0 Å². The molecule has 5 aromatic rings. The number of hydrogen-bond acceptors (Lipinski definition) is 11. The molecule has 1 amide bonds. The van der Waals surface area contributed by atoms with Crippen LogP contribution in [0, 0.1) is 11.3 Å². The molecule has 5 rings (SSSR count). The number of carbonyl (C=O) groups is 1. The summed E-state index contributed by atoms with van der Waals surface area (Å²) in [6.07, 6.45) is -0.412. The smallest absolute Gasteiger partial charge is 0.259 e. The zero-order chi connectivity index (χ0) is 44.6. The number of ether oxygens (including phenoxy) is 3. The highest BCUT2D eigenvalue weighted by atomic mass is 31.2. The number of azo groups is 1. The van der Waals surface area contributed by atoms with Crippen LogP contribution in [-0.2, 0) is 19.4 Å². The van der Waals surface area contributed by atoms with E-state index in [1.54, 1.807) is 38.5 Å². The molecule has 0 bridgehead atoms. The van der Waals surface area contributed by atoms with Gasteiger partial charge in [0.25, 0.3) is 14.4 Å². The summed E-state index contributed by atoms with van der Waals surface area (Å²) in [5.74, 6) is 1.08. The van der Waals surface area contributed by atoms with Crippen molar-refractivity contribution in [2.24, 2.45) is 10.2 Å². The van der Waals surface area contributed by atoms with Crippen molar-refractivity contribution in [2.75, 3.05) is 46.4 Å². The molecule has 0 radical (unpaired) electrons. The van der Waals surface area contributed by atoms with Crippen LogP contribution >= 0.6 is 8.53 Å². The molecule has 326 valence electrons. The fraction of sp³-hybridized carbons (Fsp3) is 0.347. The lowest BCUT2D eigenvalue weighted by Gasteiger charge is -2.40. The summed E-state index contributed by atoms with van der Waals surface area (Å²) in [4.78, 5) is 16.3. The van der Waals surface area contributed by atoms with Gasteiger partial charge in [-0.2, -0.15) is 15.5 Å². The average Bonchev–Trinajstić information content (AvgIpc) is 3.28. The maximum Gasteiger partial charge on any atom is 0.259 e. The Morgan fingerprint density at radius 1 is 0.726 bits per heavy atom. The highest BCUT2D eigenvalue weighted by molar-refractivity contribution is 7.44. The minimum absolute atomic E-state index is 0.0174. The van der Waals surface area contributed by atoms with Gasteiger partial charge in [-0.3, -0.25) is 4.79 Å². The standard InChI is InChI=1S/C49H59N6O6P/c1-35(2)55(36(3)4)62(60-33-13-32-50)61-37(5)47(51-48(56)38-16-22-42(23-17-38)52-53-43-24-26-44(27-25-43)54(6)7)34-59-49(39-14-11-10-12-15-39,40-18-28-45(57-8)29-19-40)41-20-30-46(58-9)31-21-41/h10-12,14-31,35-37,47H,13,33-34H2,1-9H3,(H,51,56)/t37-,47-,62?/m0/s1. The van der Waals surface area contributed by atoms with Gasteiger partial charge in [0, 0.05) is 37.4 Å². The highest BCUT2D eigenvalue weighted by Gasteiger charge is 2.40. The van der Waals surface area contributed by atoms with Crippen molar-refractivity contribution in [2.45, 2.75) is 70.9 Å². The second-order valence-corrected chi connectivity index (χ2v) is 16.8. The van der Waals surface area contributed by atoms with E-state index in [2.05, 4.69) is 54.0 Å². The van der Waals surface area contributed by atoms with E-state index < -0.39 is 26.3 Å². The quantitative estimate of drug-likeness (QED) is 0.0313. The first-order valence-electron chi connectivity index (χ1n) is 20.7. The van der Waals surface area contributed by atoms with Gasteiger partial charge in [-0.25, -0.2) is 4.67 Å². The third kappa shape index (κ3) is 12.2. The summed E-state index contributed by atoms with van der Waals surface area (Å²) in [6.45, 7) is 10.5. The van der Waals surface area contributed by atoms with Crippen molar-refractivity contribution < 1.29 is 28.1 Å². The molecule has 1 N–H and O–H groups in total. The molecule has 0 aliphatic carbocycles. The Morgan fingerprint density at radius 2 is 1.23 bits per heavy atom. The normalized spacial score (nSPS) is 13.2. The summed E-state index contributed by atoms with van der Waals surface area (Å²) in [5.41, 5.74) is 4.22. The molecule has 5 aromatic carbocycles. The number of methoxy groups -OCH3 is 2. The molecule has 0 spiro atoms. The molecule has 13 heteroatoms. The van der Waals surface area contributed by atoms with Gasteiger partial charge in [0.1, 0.15) is 17.1 Å². The number of hydrogen-bond donors (Lipinski definition) is 1. The van der Waals surface area contributed by atoms with Crippen molar-refractivity contribution in [1.29, 1.82) is 5.26 Å². The van der Waals surface area contributed by atoms with E-state index in [1.807, 2.05) is 129 Å². The van der Waals surface area contributed by atoms with Crippen LogP contribution in [0.15, 0.2) is 138 Å². The number of benzene rings is 5. The van der Waals surface area contributed by atoms with E-state index in [4.69, 9.17) is 23.3 Å². The minimum atomic E-state index is -1.66. The summed E-state index contributed by atoms with van der Waals surface area (Å²) >= 11 is 0. The molecule has 1 unspecified atom stereocenters. The predicted molar refractivity (Wildman–Crippen MR) is 247 cm³/mol. The first kappa shape index (κ1) is 47.4. The fourth-order valence-corrected chi connectivity index (χ4v) is 8.69. The monoisotopic (exact) mass is 858 g/mol. The summed E-state index contributed by atoms with van der Waals surface area (Å²) in [5, 5.41) is 21.4. The van der Waals surface area contributed by atoms with E-state index in [0.29, 0.717) is 22.7 Å². The van der Waals surface area contributed by atoms with Crippen LogP contribution < -0.4 is 19.7 Å². The molecule has 0 saturated carbocycles. The van der Waals surface area contributed by atoms with E-state index in [-0.39, 0.29) is 37.6 Å². The average molecular weight is 859 g/mol. The lowest BCUT2D eigenvalue weighted by atomic mass is 9.80. The topological polar surface area (TPSA) is 130 Å². The Labute approximate surface area is 368 Å². The number of nitrogens with zero attached hydrogens (tertiary/aromatic N) is 5. The molecule has 0 saturated heterocycles. The Morgan fingerprint density at radius 3 is 1.69 bits per heavy atom. The number of amides is 1. The van der Waals surface area contributed by atoms with Crippen molar-refractivity contribution in [3.05, 3.63) is 150 Å². The molecule has 62 heavy (non-hydrogen) atoms. The summed E-state index contributed by atoms with van der Waals surface area (Å²) in [7, 11) is 5.58. The van der Waals surface area contributed by atoms with Gasteiger partial charge in [0.2, 0.25) is 0 Å². The lowest BCUT2D eigenvalue weighted by molar-refractivity contribution is -0.0181. The van der Waals surface area contributed by atoms with Crippen LogP contribution in [-0.4, -0.2) is 76.3 Å². The molecular weight excluding hydrogens is 800 g/mol. The third-order valence-electron chi connectivity index (χ3n) is 10.2. The number of rotatable bonds is 22. The van der Waals surface area contributed by atoms with Crippen LogP contribution in [0.2, 0.25) is 0 Å². The lowest BCUT2D eigenvalue weighted by Crippen LogP contribution is -2.49.